The monoisotopic (exact) mass is 217 g/mol. The number of pyridine rings is 1. The van der Waals surface area contributed by atoms with E-state index in [2.05, 4.69) is 21.4 Å². The highest BCUT2D eigenvalue weighted by Crippen LogP contribution is 2.26. The third-order valence-corrected chi connectivity index (χ3v) is 2.89. The standard InChI is InChI=1S/C12H12FN3/c13-9-5-11-12(16-6-9)10(7-15-11)8-1-3-14-4-2-8/h1,5-7,14-15H,2-4H2. The average molecular weight is 217 g/mol. The van der Waals surface area contributed by atoms with Crippen LogP contribution < -0.4 is 5.32 Å². The van der Waals surface area contributed by atoms with Gasteiger partial charge < -0.3 is 10.3 Å². The van der Waals surface area contributed by atoms with Gasteiger partial charge in [-0.2, -0.15) is 0 Å². The van der Waals surface area contributed by atoms with Crippen LogP contribution >= 0.6 is 0 Å². The van der Waals surface area contributed by atoms with Crippen LogP contribution in [0.2, 0.25) is 0 Å². The lowest BCUT2D eigenvalue weighted by molar-refractivity contribution is 0.624. The molecule has 0 spiro atoms. The molecule has 2 aromatic heterocycles. The summed E-state index contributed by atoms with van der Waals surface area (Å²) in [5, 5.41) is 3.27. The zero-order chi connectivity index (χ0) is 11.0. The van der Waals surface area contributed by atoms with Crippen LogP contribution in [0, 0.1) is 5.82 Å². The van der Waals surface area contributed by atoms with Gasteiger partial charge in [-0.15, -0.1) is 0 Å². The number of aromatic nitrogens is 2. The van der Waals surface area contributed by atoms with E-state index in [9.17, 15) is 4.39 Å². The summed E-state index contributed by atoms with van der Waals surface area (Å²) in [5.41, 5.74) is 3.99. The van der Waals surface area contributed by atoms with Crippen LogP contribution in [-0.4, -0.2) is 23.1 Å². The van der Waals surface area contributed by atoms with Crippen LogP contribution in [0.15, 0.2) is 24.5 Å². The second-order valence-electron chi connectivity index (χ2n) is 3.94. The molecule has 3 heterocycles. The zero-order valence-electron chi connectivity index (χ0n) is 8.76. The zero-order valence-corrected chi connectivity index (χ0v) is 8.76. The van der Waals surface area contributed by atoms with E-state index in [4.69, 9.17) is 0 Å². The maximum atomic E-state index is 13.0. The van der Waals surface area contributed by atoms with E-state index in [0.717, 1.165) is 36.1 Å². The van der Waals surface area contributed by atoms with Crippen molar-refractivity contribution in [2.45, 2.75) is 6.42 Å². The van der Waals surface area contributed by atoms with Gasteiger partial charge in [-0.3, -0.25) is 4.98 Å². The number of H-pyrrole nitrogens is 1. The van der Waals surface area contributed by atoms with Crippen LogP contribution in [0.1, 0.15) is 12.0 Å². The van der Waals surface area contributed by atoms with Crippen LogP contribution in [0.25, 0.3) is 16.6 Å². The van der Waals surface area contributed by atoms with Gasteiger partial charge in [0.05, 0.1) is 17.2 Å². The third kappa shape index (κ3) is 1.51. The van der Waals surface area contributed by atoms with E-state index in [1.165, 1.54) is 17.8 Å². The van der Waals surface area contributed by atoms with Crippen molar-refractivity contribution >= 4 is 16.6 Å². The molecule has 2 N–H and O–H groups in total. The van der Waals surface area contributed by atoms with Crippen molar-refractivity contribution in [1.29, 1.82) is 0 Å². The second-order valence-corrected chi connectivity index (χ2v) is 3.94. The first kappa shape index (κ1) is 9.54. The minimum atomic E-state index is -0.305. The maximum absolute atomic E-state index is 13.0. The highest BCUT2D eigenvalue weighted by Gasteiger charge is 2.12. The fraction of sp³-hybridized carbons (Fsp3) is 0.250. The highest BCUT2D eigenvalue weighted by molar-refractivity contribution is 5.89. The molecule has 82 valence electrons. The van der Waals surface area contributed by atoms with E-state index in [-0.39, 0.29) is 5.82 Å². The second kappa shape index (κ2) is 3.72. The summed E-state index contributed by atoms with van der Waals surface area (Å²) in [6, 6.07) is 1.48. The lowest BCUT2D eigenvalue weighted by Crippen LogP contribution is -2.19. The predicted octanol–water partition coefficient (Wildman–Crippen LogP) is 2.08. The predicted molar refractivity (Wildman–Crippen MR) is 61.5 cm³/mol. The van der Waals surface area contributed by atoms with Gasteiger partial charge in [0, 0.05) is 24.4 Å². The molecule has 16 heavy (non-hydrogen) atoms. The van der Waals surface area contributed by atoms with E-state index >= 15 is 0 Å². The van der Waals surface area contributed by atoms with Gasteiger partial charge >= 0.3 is 0 Å². The van der Waals surface area contributed by atoms with Gasteiger partial charge in [0.1, 0.15) is 5.82 Å². The highest BCUT2D eigenvalue weighted by atomic mass is 19.1. The molecular weight excluding hydrogens is 205 g/mol. The first-order valence-electron chi connectivity index (χ1n) is 5.37. The minimum absolute atomic E-state index is 0.305. The van der Waals surface area contributed by atoms with Crippen LogP contribution in [0.3, 0.4) is 0 Å². The molecule has 0 fully saturated rings. The Morgan fingerprint density at radius 2 is 2.31 bits per heavy atom. The third-order valence-electron chi connectivity index (χ3n) is 2.89. The lowest BCUT2D eigenvalue weighted by Gasteiger charge is -2.12. The van der Waals surface area contributed by atoms with Gasteiger partial charge in [-0.1, -0.05) is 6.08 Å². The van der Waals surface area contributed by atoms with Crippen molar-refractivity contribution in [3.05, 3.63) is 35.9 Å². The summed E-state index contributed by atoms with van der Waals surface area (Å²) >= 11 is 0. The van der Waals surface area contributed by atoms with Gasteiger partial charge in [-0.05, 0) is 18.5 Å². The summed E-state index contributed by atoms with van der Waals surface area (Å²) in [4.78, 5) is 7.21. The Hall–Kier alpha value is -1.68. The van der Waals surface area contributed by atoms with Gasteiger partial charge in [0.25, 0.3) is 0 Å². The first-order chi connectivity index (χ1) is 7.84. The number of nitrogens with zero attached hydrogens (tertiary/aromatic N) is 1. The van der Waals surface area contributed by atoms with Gasteiger partial charge in [0.2, 0.25) is 0 Å². The number of rotatable bonds is 1. The van der Waals surface area contributed by atoms with E-state index < -0.39 is 0 Å². The fourth-order valence-electron chi connectivity index (χ4n) is 2.09. The van der Waals surface area contributed by atoms with E-state index in [0.29, 0.717) is 0 Å². The van der Waals surface area contributed by atoms with Crippen molar-refractivity contribution < 1.29 is 4.39 Å². The molecule has 2 aromatic rings. The van der Waals surface area contributed by atoms with Crippen molar-refractivity contribution in [3.63, 3.8) is 0 Å². The Kier molecular flexibility index (Phi) is 2.22. The summed E-state index contributed by atoms with van der Waals surface area (Å²) in [6.45, 7) is 1.88. The van der Waals surface area contributed by atoms with Crippen LogP contribution in [0.4, 0.5) is 4.39 Å². The molecule has 0 amide bonds. The molecule has 3 rings (SSSR count). The minimum Gasteiger partial charge on any atom is -0.359 e. The molecule has 0 aromatic carbocycles. The molecule has 0 saturated heterocycles. The molecule has 0 bridgehead atoms. The number of aromatic amines is 1. The molecular formula is C12H12FN3. The SMILES string of the molecule is Fc1cnc2c(C3=CCNCC3)c[nH]c2c1. The summed E-state index contributed by atoms with van der Waals surface area (Å²) in [6.07, 6.45) is 6.33. The Morgan fingerprint density at radius 3 is 3.12 bits per heavy atom. The van der Waals surface area contributed by atoms with Crippen LogP contribution in [-0.2, 0) is 0 Å². The van der Waals surface area contributed by atoms with Crippen molar-refractivity contribution in [2.24, 2.45) is 0 Å². The molecule has 0 radical (unpaired) electrons. The molecule has 3 nitrogen and oxygen atoms in total. The van der Waals surface area contributed by atoms with Crippen molar-refractivity contribution in [3.8, 4) is 0 Å². The maximum Gasteiger partial charge on any atom is 0.143 e. The summed E-state index contributed by atoms with van der Waals surface area (Å²) in [5.74, 6) is -0.305. The molecule has 0 atom stereocenters. The van der Waals surface area contributed by atoms with E-state index in [1.54, 1.807) is 0 Å². The number of hydrogen-bond acceptors (Lipinski definition) is 2. The van der Waals surface area contributed by atoms with Gasteiger partial charge in [0.15, 0.2) is 0 Å². The fourth-order valence-corrected chi connectivity index (χ4v) is 2.09. The Balaban J connectivity index is 2.13. The van der Waals surface area contributed by atoms with Crippen molar-refractivity contribution in [1.82, 2.24) is 15.3 Å². The smallest absolute Gasteiger partial charge is 0.143 e. The molecule has 1 aliphatic heterocycles. The largest absolute Gasteiger partial charge is 0.359 e. The number of fused-ring (bicyclic) bond motifs is 1. The normalized spacial score (nSPS) is 16.4. The van der Waals surface area contributed by atoms with Gasteiger partial charge in [-0.25, -0.2) is 4.39 Å². The Bertz CT molecular complexity index is 556. The topological polar surface area (TPSA) is 40.7 Å². The lowest BCUT2D eigenvalue weighted by atomic mass is 10.0. The molecule has 0 saturated carbocycles. The molecule has 0 unspecified atom stereocenters. The van der Waals surface area contributed by atoms with Crippen LogP contribution in [0.5, 0.6) is 0 Å². The molecule has 1 aliphatic rings. The molecule has 4 heteroatoms. The summed E-state index contributed by atoms with van der Waals surface area (Å²) < 4.78 is 13.0. The first-order valence-corrected chi connectivity index (χ1v) is 5.37. The number of halogens is 1. The average Bonchev–Trinajstić information content (AvgIpc) is 2.73. The van der Waals surface area contributed by atoms with E-state index in [1.807, 2.05) is 6.20 Å². The summed E-state index contributed by atoms with van der Waals surface area (Å²) in [7, 11) is 0. The number of nitrogens with one attached hydrogen (secondary N) is 2. The molecule has 0 aliphatic carbocycles. The van der Waals surface area contributed by atoms with Crippen molar-refractivity contribution in [2.75, 3.05) is 13.1 Å². The Labute approximate surface area is 92.4 Å². The Morgan fingerprint density at radius 1 is 1.38 bits per heavy atom. The quantitative estimate of drug-likeness (QED) is 0.767. The number of hydrogen-bond donors (Lipinski definition) is 2.